The summed E-state index contributed by atoms with van der Waals surface area (Å²) in [6.45, 7) is 0.632. The van der Waals surface area contributed by atoms with Crippen LogP contribution in [-0.2, 0) is 4.79 Å². The summed E-state index contributed by atoms with van der Waals surface area (Å²) in [4.78, 5) is 10.2. The predicted molar refractivity (Wildman–Crippen MR) is 46.6 cm³/mol. The molecule has 0 spiro atoms. The number of hydrogen-bond acceptors (Lipinski definition) is 4. The number of nitrogens with two attached hydrogens (primary N) is 2. The van der Waals surface area contributed by atoms with Gasteiger partial charge in [-0.1, -0.05) is 0 Å². The summed E-state index contributed by atoms with van der Waals surface area (Å²) in [6.07, 6.45) is 0.514. The van der Waals surface area contributed by atoms with E-state index in [0.717, 1.165) is 11.5 Å². The van der Waals surface area contributed by atoms with Crippen molar-refractivity contribution >= 4 is 17.7 Å². The molecule has 0 bridgehead atoms. The van der Waals surface area contributed by atoms with Crippen molar-refractivity contribution < 1.29 is 9.90 Å². The quantitative estimate of drug-likeness (QED) is 0.476. The summed E-state index contributed by atoms with van der Waals surface area (Å²) in [5, 5.41) is 8.38. The number of carboxylic acid groups (broad SMARTS) is 1. The lowest BCUT2D eigenvalue weighted by molar-refractivity contribution is -0.138. The largest absolute Gasteiger partial charge is 0.480 e. The van der Waals surface area contributed by atoms with Crippen molar-refractivity contribution in [2.24, 2.45) is 11.5 Å². The summed E-state index contributed by atoms with van der Waals surface area (Å²) in [5.41, 5.74) is 10.5. The van der Waals surface area contributed by atoms with Crippen LogP contribution in [0.15, 0.2) is 0 Å². The van der Waals surface area contributed by atoms with Crippen molar-refractivity contribution in [3.05, 3.63) is 0 Å². The molecule has 5 heteroatoms. The normalized spacial score (nSPS) is 12.9. The van der Waals surface area contributed by atoms with Gasteiger partial charge in [0.05, 0.1) is 0 Å². The van der Waals surface area contributed by atoms with Crippen LogP contribution in [0.3, 0.4) is 0 Å². The Morgan fingerprint density at radius 1 is 1.55 bits per heavy atom. The van der Waals surface area contributed by atoms with Gasteiger partial charge in [0.1, 0.15) is 6.04 Å². The molecule has 0 aliphatic carbocycles. The SMILES string of the molecule is NCCSCC[C@H](N)C(=O)O. The van der Waals surface area contributed by atoms with Crippen LogP contribution in [0.5, 0.6) is 0 Å². The number of hydrogen-bond donors (Lipinski definition) is 3. The Kier molecular flexibility index (Phi) is 6.30. The molecule has 0 rings (SSSR count). The molecule has 0 aliphatic rings. The van der Waals surface area contributed by atoms with E-state index in [1.807, 2.05) is 0 Å². The zero-order chi connectivity index (χ0) is 8.69. The molecule has 0 saturated heterocycles. The highest BCUT2D eigenvalue weighted by molar-refractivity contribution is 7.99. The van der Waals surface area contributed by atoms with E-state index in [0.29, 0.717) is 13.0 Å². The molecule has 0 aliphatic heterocycles. The summed E-state index contributed by atoms with van der Waals surface area (Å²) in [6, 6.07) is -0.722. The van der Waals surface area contributed by atoms with E-state index in [2.05, 4.69) is 0 Å². The highest BCUT2D eigenvalue weighted by Gasteiger charge is 2.09. The first kappa shape index (κ1) is 10.7. The number of thioether (sulfide) groups is 1. The Bertz CT molecular complexity index is 121. The Morgan fingerprint density at radius 2 is 2.18 bits per heavy atom. The van der Waals surface area contributed by atoms with Gasteiger partial charge in [0.25, 0.3) is 0 Å². The Labute approximate surface area is 70.3 Å². The number of rotatable bonds is 6. The monoisotopic (exact) mass is 178 g/mol. The standard InChI is InChI=1S/C6H14N2O2S/c7-2-4-11-3-1-5(8)6(9)10/h5H,1-4,7-8H2,(H,9,10)/t5-/m0/s1. The van der Waals surface area contributed by atoms with Gasteiger partial charge in [0, 0.05) is 12.3 Å². The lowest BCUT2D eigenvalue weighted by Gasteiger charge is -2.04. The Morgan fingerprint density at radius 3 is 2.64 bits per heavy atom. The maximum atomic E-state index is 10.2. The van der Waals surface area contributed by atoms with Gasteiger partial charge in [0.15, 0.2) is 0 Å². The molecule has 66 valence electrons. The first-order chi connectivity index (χ1) is 5.18. The molecule has 4 nitrogen and oxygen atoms in total. The van der Waals surface area contributed by atoms with Gasteiger partial charge in [-0.2, -0.15) is 11.8 Å². The topological polar surface area (TPSA) is 89.3 Å². The van der Waals surface area contributed by atoms with Gasteiger partial charge in [-0.3, -0.25) is 4.79 Å². The van der Waals surface area contributed by atoms with Gasteiger partial charge in [-0.25, -0.2) is 0 Å². The van der Waals surface area contributed by atoms with E-state index in [1.54, 1.807) is 11.8 Å². The second kappa shape index (κ2) is 6.45. The van der Waals surface area contributed by atoms with Gasteiger partial charge >= 0.3 is 5.97 Å². The third-order valence-electron chi connectivity index (χ3n) is 1.15. The lowest BCUT2D eigenvalue weighted by Crippen LogP contribution is -2.30. The Balaban J connectivity index is 3.17. The van der Waals surface area contributed by atoms with Gasteiger partial charge in [-0.05, 0) is 12.2 Å². The molecular formula is C6H14N2O2S. The molecule has 0 heterocycles. The number of carboxylic acids is 1. The van der Waals surface area contributed by atoms with Crippen molar-refractivity contribution in [1.82, 2.24) is 0 Å². The molecule has 0 saturated carbocycles. The maximum Gasteiger partial charge on any atom is 0.320 e. The van der Waals surface area contributed by atoms with Crippen molar-refractivity contribution in [1.29, 1.82) is 0 Å². The zero-order valence-corrected chi connectivity index (χ0v) is 7.14. The van der Waals surface area contributed by atoms with Crippen LogP contribution >= 0.6 is 11.8 Å². The van der Waals surface area contributed by atoms with E-state index in [1.165, 1.54) is 0 Å². The van der Waals surface area contributed by atoms with Crippen molar-refractivity contribution in [3.63, 3.8) is 0 Å². The van der Waals surface area contributed by atoms with Crippen molar-refractivity contribution in [2.75, 3.05) is 18.1 Å². The second-order valence-electron chi connectivity index (χ2n) is 2.13. The van der Waals surface area contributed by atoms with E-state index in [9.17, 15) is 4.79 Å². The summed E-state index contributed by atoms with van der Waals surface area (Å²) in [7, 11) is 0. The minimum absolute atomic E-state index is 0.514. The fourth-order valence-corrected chi connectivity index (χ4v) is 1.31. The van der Waals surface area contributed by atoms with Crippen molar-refractivity contribution in [2.45, 2.75) is 12.5 Å². The average molecular weight is 178 g/mol. The highest BCUT2D eigenvalue weighted by Crippen LogP contribution is 2.02. The molecule has 5 N–H and O–H groups in total. The molecule has 0 aromatic carbocycles. The molecule has 0 aromatic heterocycles. The van der Waals surface area contributed by atoms with Crippen LogP contribution in [0.2, 0.25) is 0 Å². The average Bonchev–Trinajstić information content (AvgIpc) is 1.97. The fraction of sp³-hybridized carbons (Fsp3) is 0.833. The predicted octanol–water partition coefficient (Wildman–Crippen LogP) is -0.520. The number of aliphatic carboxylic acids is 1. The van der Waals surface area contributed by atoms with Crippen molar-refractivity contribution in [3.8, 4) is 0 Å². The maximum absolute atomic E-state index is 10.2. The number of carbonyl (C=O) groups is 1. The molecule has 11 heavy (non-hydrogen) atoms. The van der Waals surface area contributed by atoms with E-state index in [-0.39, 0.29) is 0 Å². The molecule has 0 amide bonds. The van der Waals surface area contributed by atoms with Crippen LogP contribution < -0.4 is 11.5 Å². The molecule has 0 aromatic rings. The van der Waals surface area contributed by atoms with E-state index in [4.69, 9.17) is 16.6 Å². The van der Waals surface area contributed by atoms with Crippen LogP contribution in [0.4, 0.5) is 0 Å². The minimum atomic E-state index is -0.932. The first-order valence-electron chi connectivity index (χ1n) is 3.44. The third-order valence-corrected chi connectivity index (χ3v) is 2.20. The molecular weight excluding hydrogens is 164 g/mol. The molecule has 0 unspecified atom stereocenters. The fourth-order valence-electron chi connectivity index (χ4n) is 0.519. The minimum Gasteiger partial charge on any atom is -0.480 e. The van der Waals surface area contributed by atoms with E-state index < -0.39 is 12.0 Å². The summed E-state index contributed by atoms with van der Waals surface area (Å²) in [5.74, 6) is 0.704. The summed E-state index contributed by atoms with van der Waals surface area (Å²) >= 11 is 1.63. The van der Waals surface area contributed by atoms with E-state index >= 15 is 0 Å². The summed E-state index contributed by atoms with van der Waals surface area (Å²) < 4.78 is 0. The zero-order valence-electron chi connectivity index (χ0n) is 6.32. The smallest absolute Gasteiger partial charge is 0.320 e. The molecule has 0 radical (unpaired) electrons. The van der Waals surface area contributed by atoms with Gasteiger partial charge in [0.2, 0.25) is 0 Å². The van der Waals surface area contributed by atoms with Crippen LogP contribution in [0.1, 0.15) is 6.42 Å². The van der Waals surface area contributed by atoms with Crippen LogP contribution in [0.25, 0.3) is 0 Å². The highest BCUT2D eigenvalue weighted by atomic mass is 32.2. The first-order valence-corrected chi connectivity index (χ1v) is 4.60. The van der Waals surface area contributed by atoms with Crippen LogP contribution in [0, 0.1) is 0 Å². The molecule has 1 atom stereocenters. The third kappa shape index (κ3) is 6.15. The van der Waals surface area contributed by atoms with Gasteiger partial charge < -0.3 is 16.6 Å². The lowest BCUT2D eigenvalue weighted by atomic mass is 10.2. The van der Waals surface area contributed by atoms with Crippen LogP contribution in [-0.4, -0.2) is 35.2 Å². The Hall–Kier alpha value is -0.260. The molecule has 0 fully saturated rings. The second-order valence-corrected chi connectivity index (χ2v) is 3.36. The van der Waals surface area contributed by atoms with Gasteiger partial charge in [-0.15, -0.1) is 0 Å².